The monoisotopic (exact) mass is 283 g/mol. The summed E-state index contributed by atoms with van der Waals surface area (Å²) in [7, 11) is 0. The van der Waals surface area contributed by atoms with Crippen molar-refractivity contribution in [1.82, 2.24) is 0 Å². The number of carbonyl (C=O) groups excluding carboxylic acids is 1. The standard InChI is InChI=1S/C13H18BrNO/c1-13(2,3)7-6-12(16)10-5-4-9(14)8-11(10)15/h4-5,8H,6-7,15H2,1-3H3. The van der Waals surface area contributed by atoms with E-state index >= 15 is 0 Å². The molecule has 3 heteroatoms. The highest BCUT2D eigenvalue weighted by molar-refractivity contribution is 9.10. The van der Waals surface area contributed by atoms with Gasteiger partial charge in [0, 0.05) is 22.1 Å². The Labute approximate surface area is 105 Å². The van der Waals surface area contributed by atoms with E-state index in [1.807, 2.05) is 6.07 Å². The number of Topliss-reactive ketones (excluding diaryl/α,β-unsaturated/α-hetero) is 1. The van der Waals surface area contributed by atoms with Crippen LogP contribution in [0, 0.1) is 5.41 Å². The van der Waals surface area contributed by atoms with Gasteiger partial charge in [-0.2, -0.15) is 0 Å². The second-order valence-corrected chi connectivity index (χ2v) is 6.13. The first-order valence-corrected chi connectivity index (χ1v) is 6.17. The molecule has 0 aliphatic rings. The van der Waals surface area contributed by atoms with Gasteiger partial charge in [0.05, 0.1) is 0 Å². The number of benzene rings is 1. The van der Waals surface area contributed by atoms with Crippen LogP contribution in [0.25, 0.3) is 0 Å². The van der Waals surface area contributed by atoms with E-state index in [1.165, 1.54) is 0 Å². The maximum atomic E-state index is 11.9. The van der Waals surface area contributed by atoms with E-state index in [1.54, 1.807) is 12.1 Å². The Hall–Kier alpha value is -0.830. The molecule has 2 nitrogen and oxygen atoms in total. The summed E-state index contributed by atoms with van der Waals surface area (Å²) in [5.41, 5.74) is 7.17. The van der Waals surface area contributed by atoms with Crippen LogP contribution in [-0.4, -0.2) is 5.78 Å². The fraction of sp³-hybridized carbons (Fsp3) is 0.462. The molecule has 0 radical (unpaired) electrons. The number of anilines is 1. The van der Waals surface area contributed by atoms with Gasteiger partial charge in [0.2, 0.25) is 0 Å². The van der Waals surface area contributed by atoms with E-state index in [0.717, 1.165) is 10.9 Å². The average molecular weight is 284 g/mol. The van der Waals surface area contributed by atoms with Crippen molar-refractivity contribution in [2.75, 3.05) is 5.73 Å². The molecule has 16 heavy (non-hydrogen) atoms. The molecule has 88 valence electrons. The lowest BCUT2D eigenvalue weighted by atomic mass is 9.88. The van der Waals surface area contributed by atoms with Crippen LogP contribution in [-0.2, 0) is 0 Å². The minimum Gasteiger partial charge on any atom is -0.398 e. The zero-order chi connectivity index (χ0) is 12.3. The van der Waals surface area contributed by atoms with Crippen molar-refractivity contribution in [1.29, 1.82) is 0 Å². The lowest BCUT2D eigenvalue weighted by Gasteiger charge is -2.17. The Kier molecular flexibility index (Phi) is 4.14. The number of halogens is 1. The predicted octanol–water partition coefficient (Wildman–Crippen LogP) is 4.04. The van der Waals surface area contributed by atoms with Crippen molar-refractivity contribution in [3.05, 3.63) is 28.2 Å². The molecular formula is C13H18BrNO. The van der Waals surface area contributed by atoms with Gasteiger partial charge in [-0.05, 0) is 30.0 Å². The number of rotatable bonds is 3. The number of hydrogen-bond acceptors (Lipinski definition) is 2. The van der Waals surface area contributed by atoms with Gasteiger partial charge in [0.25, 0.3) is 0 Å². The molecule has 0 saturated heterocycles. The highest BCUT2D eigenvalue weighted by atomic mass is 79.9. The number of nitrogen functional groups attached to an aromatic ring is 1. The SMILES string of the molecule is CC(C)(C)CCC(=O)c1ccc(Br)cc1N. The van der Waals surface area contributed by atoms with Crippen molar-refractivity contribution in [3.8, 4) is 0 Å². The molecular weight excluding hydrogens is 266 g/mol. The molecule has 0 aliphatic carbocycles. The summed E-state index contributed by atoms with van der Waals surface area (Å²) in [6.45, 7) is 6.39. The molecule has 0 spiro atoms. The van der Waals surface area contributed by atoms with Crippen LogP contribution < -0.4 is 5.73 Å². The quantitative estimate of drug-likeness (QED) is 0.672. The van der Waals surface area contributed by atoms with Crippen molar-refractivity contribution in [2.24, 2.45) is 5.41 Å². The molecule has 0 atom stereocenters. The van der Waals surface area contributed by atoms with Crippen LogP contribution in [0.2, 0.25) is 0 Å². The summed E-state index contributed by atoms with van der Waals surface area (Å²) in [5.74, 6) is 0.125. The predicted molar refractivity (Wildman–Crippen MR) is 71.6 cm³/mol. The Balaban J connectivity index is 2.74. The second-order valence-electron chi connectivity index (χ2n) is 5.22. The van der Waals surface area contributed by atoms with Crippen LogP contribution in [0.1, 0.15) is 44.0 Å². The molecule has 0 amide bonds. The molecule has 0 heterocycles. The smallest absolute Gasteiger partial charge is 0.164 e. The molecule has 1 aromatic carbocycles. The Morgan fingerprint density at radius 2 is 2.00 bits per heavy atom. The van der Waals surface area contributed by atoms with Crippen LogP contribution in [0.5, 0.6) is 0 Å². The summed E-state index contributed by atoms with van der Waals surface area (Å²) in [6.07, 6.45) is 1.43. The van der Waals surface area contributed by atoms with Crippen molar-refractivity contribution < 1.29 is 4.79 Å². The van der Waals surface area contributed by atoms with Crippen LogP contribution in [0.15, 0.2) is 22.7 Å². The summed E-state index contributed by atoms with van der Waals surface area (Å²) < 4.78 is 0.900. The first-order valence-electron chi connectivity index (χ1n) is 5.38. The summed E-state index contributed by atoms with van der Waals surface area (Å²) in [5, 5.41) is 0. The van der Waals surface area contributed by atoms with Crippen molar-refractivity contribution in [2.45, 2.75) is 33.6 Å². The van der Waals surface area contributed by atoms with Crippen molar-refractivity contribution in [3.63, 3.8) is 0 Å². The van der Waals surface area contributed by atoms with E-state index in [9.17, 15) is 4.79 Å². The molecule has 0 fully saturated rings. The molecule has 0 saturated carbocycles. The van der Waals surface area contributed by atoms with E-state index in [2.05, 4.69) is 36.7 Å². The Bertz CT molecular complexity index is 393. The first-order chi connectivity index (χ1) is 7.29. The van der Waals surface area contributed by atoms with Gasteiger partial charge in [-0.25, -0.2) is 0 Å². The third-order valence-corrected chi connectivity index (χ3v) is 2.91. The second kappa shape index (κ2) is 5.00. The normalized spacial score (nSPS) is 11.5. The molecule has 2 N–H and O–H groups in total. The van der Waals surface area contributed by atoms with Crippen LogP contribution in [0.3, 0.4) is 0 Å². The third-order valence-electron chi connectivity index (χ3n) is 2.42. The van der Waals surface area contributed by atoms with Gasteiger partial charge in [-0.3, -0.25) is 4.79 Å². The lowest BCUT2D eigenvalue weighted by molar-refractivity contribution is 0.0967. The fourth-order valence-electron chi connectivity index (χ4n) is 1.41. The van der Waals surface area contributed by atoms with Gasteiger partial charge in [-0.15, -0.1) is 0 Å². The maximum Gasteiger partial charge on any atom is 0.164 e. The zero-order valence-corrected chi connectivity index (χ0v) is 11.6. The lowest BCUT2D eigenvalue weighted by Crippen LogP contribution is -2.10. The van der Waals surface area contributed by atoms with E-state index in [-0.39, 0.29) is 11.2 Å². The van der Waals surface area contributed by atoms with E-state index in [4.69, 9.17) is 5.73 Å². The molecule has 0 aliphatic heterocycles. The topological polar surface area (TPSA) is 43.1 Å². The van der Waals surface area contributed by atoms with Gasteiger partial charge >= 0.3 is 0 Å². The molecule has 0 bridgehead atoms. The Morgan fingerprint density at radius 3 is 2.50 bits per heavy atom. The van der Waals surface area contributed by atoms with Crippen molar-refractivity contribution >= 4 is 27.4 Å². The maximum absolute atomic E-state index is 11.9. The van der Waals surface area contributed by atoms with Gasteiger partial charge in [0.1, 0.15) is 0 Å². The number of ketones is 1. The Morgan fingerprint density at radius 1 is 1.38 bits per heavy atom. The first kappa shape index (κ1) is 13.2. The molecule has 0 aromatic heterocycles. The van der Waals surface area contributed by atoms with Crippen LogP contribution in [0.4, 0.5) is 5.69 Å². The fourth-order valence-corrected chi connectivity index (χ4v) is 1.79. The van der Waals surface area contributed by atoms with E-state index in [0.29, 0.717) is 17.7 Å². The number of nitrogens with two attached hydrogens (primary N) is 1. The molecule has 1 rings (SSSR count). The summed E-state index contributed by atoms with van der Waals surface area (Å²) in [6, 6.07) is 5.40. The molecule has 1 aromatic rings. The van der Waals surface area contributed by atoms with Gasteiger partial charge in [-0.1, -0.05) is 36.7 Å². The highest BCUT2D eigenvalue weighted by Crippen LogP contribution is 2.24. The minimum absolute atomic E-state index is 0.125. The van der Waals surface area contributed by atoms with Crippen LogP contribution >= 0.6 is 15.9 Å². The summed E-state index contributed by atoms with van der Waals surface area (Å²) in [4.78, 5) is 11.9. The summed E-state index contributed by atoms with van der Waals surface area (Å²) >= 11 is 3.32. The average Bonchev–Trinajstić information content (AvgIpc) is 2.13. The van der Waals surface area contributed by atoms with Gasteiger partial charge < -0.3 is 5.73 Å². The highest BCUT2D eigenvalue weighted by Gasteiger charge is 2.15. The number of carbonyl (C=O) groups is 1. The largest absolute Gasteiger partial charge is 0.398 e. The van der Waals surface area contributed by atoms with Gasteiger partial charge in [0.15, 0.2) is 5.78 Å². The van der Waals surface area contributed by atoms with E-state index < -0.39 is 0 Å². The minimum atomic E-state index is 0.125. The zero-order valence-electron chi connectivity index (χ0n) is 10.0. The molecule has 0 unspecified atom stereocenters. The number of hydrogen-bond donors (Lipinski definition) is 1. The third kappa shape index (κ3) is 3.97.